The van der Waals surface area contributed by atoms with E-state index in [0.29, 0.717) is 18.2 Å². The van der Waals surface area contributed by atoms with E-state index in [1.165, 1.54) is 11.8 Å². The number of esters is 1. The number of carbonyl (C=O) groups excluding carboxylic acids is 1. The van der Waals surface area contributed by atoms with Crippen LogP contribution in [0.5, 0.6) is 0 Å². The number of rotatable bonds is 6. The van der Waals surface area contributed by atoms with Crippen LogP contribution < -0.4 is 5.56 Å². The molecule has 0 amide bonds. The molecular weight excluding hydrogens is 356 g/mol. The molecule has 0 spiro atoms. The summed E-state index contributed by atoms with van der Waals surface area (Å²) in [6, 6.07) is 9.44. The number of hydrogen-bond donors (Lipinski definition) is 0. The fraction of sp³-hybridized carbons (Fsp3) is 0.389. The highest BCUT2D eigenvalue weighted by atomic mass is 32.2. The van der Waals surface area contributed by atoms with Crippen LogP contribution in [0, 0.1) is 0 Å². The Hall–Kier alpha value is -1.73. The Morgan fingerprint density at radius 1 is 1.36 bits per heavy atom. The van der Waals surface area contributed by atoms with E-state index in [1.807, 2.05) is 37.3 Å². The zero-order valence-corrected chi connectivity index (χ0v) is 15.9. The topological polar surface area (TPSA) is 61.2 Å². The van der Waals surface area contributed by atoms with Gasteiger partial charge in [0.15, 0.2) is 5.16 Å². The van der Waals surface area contributed by atoms with Gasteiger partial charge in [0.25, 0.3) is 5.56 Å². The third kappa shape index (κ3) is 3.77. The van der Waals surface area contributed by atoms with Crippen molar-refractivity contribution < 1.29 is 9.53 Å². The molecule has 1 aliphatic rings. The van der Waals surface area contributed by atoms with Crippen LogP contribution in [-0.4, -0.2) is 33.1 Å². The molecule has 0 saturated heterocycles. The quantitative estimate of drug-likeness (QED) is 0.438. The fourth-order valence-corrected chi connectivity index (χ4v) is 4.71. The van der Waals surface area contributed by atoms with Crippen molar-refractivity contribution in [2.75, 3.05) is 12.4 Å². The van der Waals surface area contributed by atoms with Crippen LogP contribution in [0.1, 0.15) is 26.0 Å². The molecule has 7 heteroatoms. The van der Waals surface area contributed by atoms with E-state index in [0.717, 1.165) is 28.5 Å². The van der Waals surface area contributed by atoms with Crippen LogP contribution >= 0.6 is 23.5 Å². The van der Waals surface area contributed by atoms with Crippen LogP contribution in [0.2, 0.25) is 0 Å². The predicted octanol–water partition coefficient (Wildman–Crippen LogP) is 3.31. The molecule has 5 nitrogen and oxygen atoms in total. The Labute approximate surface area is 155 Å². The van der Waals surface area contributed by atoms with Gasteiger partial charge in [-0.25, -0.2) is 4.98 Å². The van der Waals surface area contributed by atoms with E-state index in [4.69, 9.17) is 9.72 Å². The lowest BCUT2D eigenvalue weighted by Crippen LogP contribution is -2.26. The van der Waals surface area contributed by atoms with E-state index in [9.17, 15) is 9.59 Å². The molecule has 0 unspecified atom stereocenters. The number of ether oxygens (including phenoxy) is 1. The highest BCUT2D eigenvalue weighted by Crippen LogP contribution is 2.32. The second-order valence-corrected chi connectivity index (χ2v) is 7.79. The summed E-state index contributed by atoms with van der Waals surface area (Å²) in [6.07, 6.45) is 1.40. The molecule has 1 aliphatic heterocycles. The second kappa shape index (κ2) is 8.10. The number of aryl methyl sites for hydroxylation is 1. The first-order valence-corrected chi connectivity index (χ1v) is 10.2. The molecular formula is C18H20N2O3S2. The lowest BCUT2D eigenvalue weighted by atomic mass is 10.3. The van der Waals surface area contributed by atoms with Gasteiger partial charge in [-0.3, -0.25) is 14.2 Å². The van der Waals surface area contributed by atoms with Gasteiger partial charge in [0, 0.05) is 12.2 Å². The maximum absolute atomic E-state index is 13.0. The van der Waals surface area contributed by atoms with Gasteiger partial charge in [-0.05, 0) is 25.5 Å². The first-order valence-electron chi connectivity index (χ1n) is 8.33. The maximum atomic E-state index is 13.0. The van der Waals surface area contributed by atoms with Gasteiger partial charge in [-0.15, -0.1) is 11.8 Å². The van der Waals surface area contributed by atoms with E-state index < -0.39 is 0 Å². The summed E-state index contributed by atoms with van der Waals surface area (Å²) in [5.74, 6) is 0.606. The molecule has 2 aromatic rings. The minimum absolute atomic E-state index is 0.0556. The number of fused-ring (bicyclic) bond motifs is 1. The molecule has 1 aromatic heterocycles. The van der Waals surface area contributed by atoms with Gasteiger partial charge in [0.2, 0.25) is 0 Å². The van der Waals surface area contributed by atoms with E-state index in [1.54, 1.807) is 23.3 Å². The highest BCUT2D eigenvalue weighted by Gasteiger charge is 2.26. The minimum atomic E-state index is -0.381. The lowest BCUT2D eigenvalue weighted by Gasteiger charge is -2.17. The van der Waals surface area contributed by atoms with Crippen molar-refractivity contribution in [2.45, 2.75) is 42.0 Å². The summed E-state index contributed by atoms with van der Waals surface area (Å²) >= 11 is 2.86. The zero-order valence-electron chi connectivity index (χ0n) is 14.2. The van der Waals surface area contributed by atoms with Gasteiger partial charge in [-0.2, -0.15) is 0 Å². The molecule has 0 aliphatic carbocycles. The van der Waals surface area contributed by atoms with Gasteiger partial charge in [0.1, 0.15) is 5.25 Å². The number of para-hydroxylation sites is 1. The summed E-state index contributed by atoms with van der Waals surface area (Å²) in [6.45, 7) is 4.07. The maximum Gasteiger partial charge on any atom is 0.319 e. The van der Waals surface area contributed by atoms with E-state index in [2.05, 4.69) is 0 Å². The number of benzene rings is 1. The van der Waals surface area contributed by atoms with Crippen molar-refractivity contribution in [3.63, 3.8) is 0 Å². The molecule has 1 aromatic carbocycles. The molecule has 2 heterocycles. The van der Waals surface area contributed by atoms with Crippen LogP contribution in [-0.2, 0) is 16.0 Å². The van der Waals surface area contributed by atoms with Crippen molar-refractivity contribution in [1.82, 2.24) is 9.55 Å². The van der Waals surface area contributed by atoms with Crippen molar-refractivity contribution in [2.24, 2.45) is 0 Å². The Kier molecular flexibility index (Phi) is 5.86. The Balaban J connectivity index is 2.07. The van der Waals surface area contributed by atoms with Crippen molar-refractivity contribution in [1.29, 1.82) is 0 Å². The van der Waals surface area contributed by atoms with Crippen molar-refractivity contribution >= 4 is 29.5 Å². The van der Waals surface area contributed by atoms with E-state index in [-0.39, 0.29) is 16.8 Å². The molecule has 0 radical (unpaired) electrons. The second-order valence-electron chi connectivity index (χ2n) is 5.51. The lowest BCUT2D eigenvalue weighted by molar-refractivity contribution is -0.142. The Bertz CT molecular complexity index is 821. The molecule has 3 rings (SSSR count). The largest absolute Gasteiger partial charge is 0.465 e. The normalized spacial score (nSPS) is 14.2. The third-order valence-corrected chi connectivity index (χ3v) is 6.25. The first-order chi connectivity index (χ1) is 12.2. The van der Waals surface area contributed by atoms with Crippen LogP contribution in [0.25, 0.3) is 5.69 Å². The molecule has 0 saturated carbocycles. The molecule has 0 bridgehead atoms. The summed E-state index contributed by atoms with van der Waals surface area (Å²) in [5.41, 5.74) is 1.54. The number of thioether (sulfide) groups is 2. The molecule has 1 atom stereocenters. The van der Waals surface area contributed by atoms with Gasteiger partial charge in [0.05, 0.1) is 22.9 Å². The highest BCUT2D eigenvalue weighted by molar-refractivity contribution is 8.00. The zero-order chi connectivity index (χ0) is 17.8. The predicted molar refractivity (Wildman–Crippen MR) is 101 cm³/mol. The summed E-state index contributed by atoms with van der Waals surface area (Å²) in [7, 11) is 0. The number of carbonyl (C=O) groups is 1. The monoisotopic (exact) mass is 376 g/mol. The van der Waals surface area contributed by atoms with E-state index >= 15 is 0 Å². The summed E-state index contributed by atoms with van der Waals surface area (Å²) in [4.78, 5) is 30.6. The first kappa shape index (κ1) is 18.1. The van der Waals surface area contributed by atoms with Crippen LogP contribution in [0.15, 0.2) is 45.2 Å². The summed E-state index contributed by atoms with van der Waals surface area (Å²) in [5, 5.41) is 0.172. The van der Waals surface area contributed by atoms with Gasteiger partial charge < -0.3 is 4.74 Å². The molecule has 0 fully saturated rings. The fourth-order valence-electron chi connectivity index (χ4n) is 2.64. The third-order valence-electron chi connectivity index (χ3n) is 3.85. The van der Waals surface area contributed by atoms with Gasteiger partial charge >= 0.3 is 5.97 Å². The minimum Gasteiger partial charge on any atom is -0.465 e. The molecule has 132 valence electrons. The average Bonchev–Trinajstić information content (AvgIpc) is 3.09. The Morgan fingerprint density at radius 2 is 2.12 bits per heavy atom. The standard InChI is InChI=1S/C18H20N2O3S2/c1-3-14(17(22)23-4-2)25-18-19-13-10-11-24-15(13)16(21)20(18)12-8-6-5-7-9-12/h5-9,14H,3-4,10-11H2,1-2H3/t14-/m1/s1. The molecule has 25 heavy (non-hydrogen) atoms. The smallest absolute Gasteiger partial charge is 0.319 e. The summed E-state index contributed by atoms with van der Waals surface area (Å²) < 4.78 is 6.77. The number of aromatic nitrogens is 2. The van der Waals surface area contributed by atoms with Crippen molar-refractivity contribution in [3.05, 3.63) is 46.4 Å². The molecule has 0 N–H and O–H groups in total. The average molecular weight is 377 g/mol. The Morgan fingerprint density at radius 3 is 2.80 bits per heavy atom. The number of nitrogens with zero attached hydrogens (tertiary/aromatic N) is 2. The van der Waals surface area contributed by atoms with Crippen molar-refractivity contribution in [3.8, 4) is 5.69 Å². The SMILES string of the molecule is CCOC(=O)[C@@H](CC)Sc1nc2c(c(=O)n1-c1ccccc1)SCC2. The number of hydrogen-bond acceptors (Lipinski definition) is 6. The van der Waals surface area contributed by atoms with Gasteiger partial charge in [-0.1, -0.05) is 36.9 Å². The van der Waals surface area contributed by atoms with Crippen LogP contribution in [0.3, 0.4) is 0 Å². The van der Waals surface area contributed by atoms with Crippen LogP contribution in [0.4, 0.5) is 0 Å².